The second-order valence-corrected chi connectivity index (χ2v) is 7.33. The van der Waals surface area contributed by atoms with Crippen LogP contribution in [0, 0.1) is 0 Å². The third-order valence-electron chi connectivity index (χ3n) is 2.39. The van der Waals surface area contributed by atoms with Crippen LogP contribution in [0.1, 0.15) is 11.1 Å². The summed E-state index contributed by atoms with van der Waals surface area (Å²) in [6.45, 7) is 0. The molecule has 2 N–H and O–H groups in total. The molecular weight excluding hydrogens is 595 g/mol. The molecule has 2 aromatic carbocycles. The van der Waals surface area contributed by atoms with Crippen molar-refractivity contribution in [1.82, 2.24) is 10.2 Å². The van der Waals surface area contributed by atoms with Crippen LogP contribution in [-0.2, 0) is 38.7 Å². The SMILES string of the molecule is [W]=[C](N[P]N[C](=[W])c1ccccc1)c1ccccc1. The molecule has 0 aliphatic rings. The average molecular weight is 607 g/mol. The number of hydrogen-bond donors (Lipinski definition) is 2. The van der Waals surface area contributed by atoms with Crippen LogP contribution in [0.3, 0.4) is 0 Å². The Morgan fingerprint density at radius 2 is 1.05 bits per heavy atom. The van der Waals surface area contributed by atoms with E-state index in [0.717, 1.165) is 8.88 Å². The summed E-state index contributed by atoms with van der Waals surface area (Å²) in [7, 11) is 1.02. The normalized spacial score (nSPS) is 10.1. The Labute approximate surface area is 137 Å². The summed E-state index contributed by atoms with van der Waals surface area (Å²) >= 11 is 2.89. The minimum atomic E-state index is 1.02. The van der Waals surface area contributed by atoms with Crippen LogP contribution in [0.5, 0.6) is 0 Å². The molecule has 1 radical (unpaired) electrons. The predicted molar refractivity (Wildman–Crippen MR) is 74.3 cm³/mol. The molecule has 0 aliphatic heterocycles. The summed E-state index contributed by atoms with van der Waals surface area (Å²) in [6.07, 6.45) is 0. The first-order chi connectivity index (χ1) is 9.27. The molecule has 0 saturated heterocycles. The first-order valence-electron chi connectivity index (χ1n) is 5.68. The molecule has 2 nitrogen and oxygen atoms in total. The Hall–Kier alpha value is -0.0934. The number of benzene rings is 2. The van der Waals surface area contributed by atoms with Crippen LogP contribution < -0.4 is 10.2 Å². The van der Waals surface area contributed by atoms with E-state index in [1.54, 1.807) is 0 Å². The number of nitrogens with one attached hydrogen (secondary N) is 2. The molecule has 19 heavy (non-hydrogen) atoms. The van der Waals surface area contributed by atoms with E-state index in [-0.39, 0.29) is 0 Å². The molecule has 2 rings (SSSR count). The zero-order valence-electron chi connectivity index (χ0n) is 10.0. The zero-order valence-corrected chi connectivity index (χ0v) is 16.8. The molecule has 0 fully saturated rings. The summed E-state index contributed by atoms with van der Waals surface area (Å²) in [5.74, 6) is 0. The van der Waals surface area contributed by atoms with Crippen LogP contribution >= 0.6 is 8.88 Å². The van der Waals surface area contributed by atoms with Gasteiger partial charge in [0, 0.05) is 0 Å². The van der Waals surface area contributed by atoms with Crippen molar-refractivity contribution in [2.24, 2.45) is 0 Å². The molecule has 0 saturated carbocycles. The Bertz CT molecular complexity index is 507. The Morgan fingerprint density at radius 1 is 0.684 bits per heavy atom. The maximum atomic E-state index is 3.41. The van der Waals surface area contributed by atoms with E-state index in [2.05, 4.69) is 58.7 Å². The van der Waals surface area contributed by atoms with Crippen molar-refractivity contribution >= 4 is 16.9 Å². The van der Waals surface area contributed by atoms with Gasteiger partial charge in [-0.2, -0.15) is 0 Å². The second-order valence-electron chi connectivity index (χ2n) is 3.73. The molecule has 2 aromatic rings. The van der Waals surface area contributed by atoms with Crippen LogP contribution in [0.2, 0.25) is 0 Å². The number of hydrogen-bond acceptors (Lipinski definition) is 2. The fourth-order valence-corrected chi connectivity index (χ4v) is 3.92. The summed E-state index contributed by atoms with van der Waals surface area (Å²) in [6, 6.07) is 20.9. The van der Waals surface area contributed by atoms with Crippen molar-refractivity contribution in [3.05, 3.63) is 71.8 Å². The third-order valence-corrected chi connectivity index (χ3v) is 6.68. The van der Waals surface area contributed by atoms with Gasteiger partial charge in [0.1, 0.15) is 0 Å². The van der Waals surface area contributed by atoms with Crippen molar-refractivity contribution in [1.29, 1.82) is 0 Å². The minimum absolute atomic E-state index is 1.02. The van der Waals surface area contributed by atoms with Gasteiger partial charge in [0.15, 0.2) is 0 Å². The molecule has 0 heterocycles. The van der Waals surface area contributed by atoms with Gasteiger partial charge in [0.25, 0.3) is 0 Å². The maximum absolute atomic E-state index is 3.41. The van der Waals surface area contributed by atoms with E-state index in [9.17, 15) is 0 Å². The fourth-order valence-electron chi connectivity index (χ4n) is 1.44. The van der Waals surface area contributed by atoms with E-state index in [0.29, 0.717) is 0 Å². The number of rotatable bonds is 6. The monoisotopic (exact) mass is 607 g/mol. The molecule has 0 unspecified atom stereocenters. The van der Waals surface area contributed by atoms with Gasteiger partial charge in [0.2, 0.25) is 0 Å². The van der Waals surface area contributed by atoms with Crippen molar-refractivity contribution in [3.8, 4) is 0 Å². The Kier molecular flexibility index (Phi) is 6.64. The van der Waals surface area contributed by atoms with Crippen molar-refractivity contribution in [2.75, 3.05) is 0 Å². The average Bonchev–Trinajstić information content (AvgIpc) is 2.49. The Balaban J connectivity index is 1.81. The standard InChI is InChI=1S/C14H12N2P.2W/c1-3-7-13(8-4-1)11-15-17-16-12-14-9-5-2-6-10-14;;/h1-10,15-16H;;. The summed E-state index contributed by atoms with van der Waals surface area (Å²) in [5.41, 5.74) is 2.52. The van der Waals surface area contributed by atoms with Gasteiger partial charge in [-0.1, -0.05) is 0 Å². The van der Waals surface area contributed by atoms with Gasteiger partial charge in [0.05, 0.1) is 0 Å². The molecule has 5 heteroatoms. The quantitative estimate of drug-likeness (QED) is 0.494. The van der Waals surface area contributed by atoms with Crippen LogP contribution in [-0.4, -0.2) is 8.04 Å². The van der Waals surface area contributed by atoms with E-state index < -0.39 is 0 Å². The van der Waals surface area contributed by atoms with Crippen LogP contribution in [0.15, 0.2) is 60.7 Å². The third kappa shape index (κ3) is 5.07. The first kappa shape index (κ1) is 15.3. The molecule has 0 amide bonds. The molecule has 0 bridgehead atoms. The predicted octanol–water partition coefficient (Wildman–Crippen LogP) is 2.39. The van der Waals surface area contributed by atoms with Gasteiger partial charge in [-0.25, -0.2) is 0 Å². The van der Waals surface area contributed by atoms with E-state index in [1.165, 1.54) is 57.9 Å². The zero-order chi connectivity index (χ0) is 13.5. The van der Waals surface area contributed by atoms with Crippen LogP contribution in [0.25, 0.3) is 0 Å². The summed E-state index contributed by atoms with van der Waals surface area (Å²) in [5, 5.41) is 6.81. The van der Waals surface area contributed by atoms with Crippen molar-refractivity contribution in [2.45, 2.75) is 0 Å². The van der Waals surface area contributed by atoms with Gasteiger partial charge in [-0.05, 0) is 0 Å². The molecule has 0 aliphatic carbocycles. The van der Waals surface area contributed by atoms with Gasteiger partial charge >= 0.3 is 138 Å². The van der Waals surface area contributed by atoms with E-state index >= 15 is 0 Å². The van der Waals surface area contributed by atoms with Crippen molar-refractivity contribution in [3.63, 3.8) is 0 Å². The Morgan fingerprint density at radius 3 is 1.42 bits per heavy atom. The van der Waals surface area contributed by atoms with Crippen LogP contribution in [0.4, 0.5) is 0 Å². The molecule has 95 valence electrons. The first-order valence-corrected chi connectivity index (χ1v) is 9.50. The topological polar surface area (TPSA) is 24.1 Å². The summed E-state index contributed by atoms with van der Waals surface area (Å²) < 4.78 is 2.51. The summed E-state index contributed by atoms with van der Waals surface area (Å²) in [4.78, 5) is 0. The van der Waals surface area contributed by atoms with E-state index in [4.69, 9.17) is 0 Å². The van der Waals surface area contributed by atoms with Crippen molar-refractivity contribution < 1.29 is 38.7 Å². The molecule has 0 spiro atoms. The molecule has 0 aromatic heterocycles. The second kappa shape index (κ2) is 8.25. The fraction of sp³-hybridized carbons (Fsp3) is 0. The molecule has 0 atom stereocenters. The molecular formula is C14H12N2PW2. The van der Waals surface area contributed by atoms with E-state index in [1.807, 2.05) is 12.1 Å². The van der Waals surface area contributed by atoms with Gasteiger partial charge in [-0.3, -0.25) is 0 Å². The van der Waals surface area contributed by atoms with Gasteiger partial charge < -0.3 is 0 Å². The van der Waals surface area contributed by atoms with Gasteiger partial charge in [-0.15, -0.1) is 0 Å².